The molecular weight excluding hydrogens is 1390 g/mol. The summed E-state index contributed by atoms with van der Waals surface area (Å²) < 4.78 is 9.67. The van der Waals surface area contributed by atoms with Gasteiger partial charge in [0.15, 0.2) is 0 Å². The molecule has 0 unspecified atom stereocenters. The first-order valence-electron chi connectivity index (χ1n) is 33.5. The molecule has 0 amide bonds. The molecule has 4 N–H and O–H groups in total. The van der Waals surface area contributed by atoms with E-state index in [1.54, 1.807) is 123 Å². The zero-order valence-corrected chi connectivity index (χ0v) is 60.0. The topological polar surface area (TPSA) is 301 Å². The molecule has 10 aromatic heterocycles. The van der Waals surface area contributed by atoms with Crippen molar-refractivity contribution in [3.63, 3.8) is 0 Å². The number of carbonyl (C=O) groups is 4. The van der Waals surface area contributed by atoms with Crippen LogP contribution in [-0.2, 0) is 26.0 Å². The number of hydrogen-bond acceptors (Lipinski definition) is 12. The molecule has 0 spiro atoms. The number of carboxylic acids is 4. The fourth-order valence-electron chi connectivity index (χ4n) is 9.67. The molecule has 0 saturated heterocycles. The van der Waals surface area contributed by atoms with Gasteiger partial charge in [0.25, 0.3) is 0 Å². The fourth-order valence-corrected chi connectivity index (χ4v) is 9.67. The maximum atomic E-state index is 11.8. The van der Waals surface area contributed by atoms with E-state index in [0.717, 1.165) is 26.4 Å². The monoisotopic (exact) mass is 1470 g/mol. The van der Waals surface area contributed by atoms with Crippen molar-refractivity contribution in [2.24, 2.45) is 0 Å². The summed E-state index contributed by atoms with van der Waals surface area (Å²) in [5, 5.41) is 38.7. The van der Waals surface area contributed by atoms with Gasteiger partial charge >= 0.3 is 23.9 Å². The minimum absolute atomic E-state index is 0. The summed E-state index contributed by atoms with van der Waals surface area (Å²) in [7, 11) is 0. The van der Waals surface area contributed by atoms with Gasteiger partial charge in [-0.05, 0) is 195 Å². The van der Waals surface area contributed by atoms with E-state index in [2.05, 4.69) is 29.9 Å². The van der Waals surface area contributed by atoms with E-state index in [9.17, 15) is 39.6 Å². The van der Waals surface area contributed by atoms with E-state index in [4.69, 9.17) is 29.4 Å². The van der Waals surface area contributed by atoms with Crippen molar-refractivity contribution in [2.45, 2.75) is 27.7 Å². The van der Waals surface area contributed by atoms with Crippen molar-refractivity contribution in [3.05, 3.63) is 443 Å². The van der Waals surface area contributed by atoms with Gasteiger partial charge in [0.2, 0.25) is 0 Å². The van der Waals surface area contributed by atoms with Gasteiger partial charge in [0.1, 0.15) is 0 Å². The number of pyridine rings is 6. The molecule has 107 heavy (non-hydrogen) atoms. The SMILES string of the molecule is CCOCC.CCOCC.O=C(O)c1ccc([C+]2c3ccc([n-]3)[C+](c3ccc(C(=O)O)cc3)c3ccc([n-]3)[C+](c3ccc(C(=O)O)cc3)c3ccc([n-]3)[C+](c3ccc(C(=O)O)cc3)c3ccc2[n-]3)cc1.[Ni].c1ccncc1.c1ccncc1.c1ccncc1.c1ccncc1.c1ccncc1.c1ccncc1. The predicted molar refractivity (Wildman–Crippen MR) is 405 cm³/mol. The zero-order valence-electron chi connectivity index (χ0n) is 59.0. The molecule has 1 aliphatic heterocycles. The van der Waals surface area contributed by atoms with Gasteiger partial charge < -0.3 is 49.8 Å². The molecule has 542 valence electrons. The number of hydrogen-bond donors (Lipinski definition) is 4. The summed E-state index contributed by atoms with van der Waals surface area (Å²) in [6.07, 6.45) is 21.0. The van der Waals surface area contributed by atoms with Crippen LogP contribution in [0.5, 0.6) is 0 Å². The maximum Gasteiger partial charge on any atom is 0.337 e. The van der Waals surface area contributed by atoms with Crippen molar-refractivity contribution in [3.8, 4) is 0 Å². The molecule has 0 fully saturated rings. The third kappa shape index (κ3) is 27.4. The predicted octanol–water partition coefficient (Wildman–Crippen LogP) is 15.3. The number of carboxylic acid groups (broad SMARTS) is 4. The Bertz CT molecular complexity index is 3790. The van der Waals surface area contributed by atoms with Crippen molar-refractivity contribution in [2.75, 3.05) is 26.4 Å². The smallest absolute Gasteiger partial charge is 0.337 e. The number of benzene rings is 4. The third-order valence-corrected chi connectivity index (χ3v) is 14.5. The molecular formula is C86H78N10NiO10. The quantitative estimate of drug-likeness (QED) is 0.0652. The molecule has 0 saturated carbocycles. The van der Waals surface area contributed by atoms with E-state index >= 15 is 0 Å². The molecule has 4 aromatic carbocycles. The van der Waals surface area contributed by atoms with Crippen LogP contribution in [-0.4, -0.2) is 101 Å². The van der Waals surface area contributed by atoms with Crippen molar-refractivity contribution in [1.29, 1.82) is 0 Å². The van der Waals surface area contributed by atoms with Crippen LogP contribution >= 0.6 is 0 Å². The average molecular weight is 1470 g/mol. The van der Waals surface area contributed by atoms with Gasteiger partial charge in [0, 0.05) is 238 Å². The number of aromatic nitrogens is 10. The third-order valence-electron chi connectivity index (χ3n) is 14.5. The van der Waals surface area contributed by atoms with Crippen LogP contribution in [0.25, 0.3) is 0 Å². The van der Waals surface area contributed by atoms with Crippen LogP contribution in [0.15, 0.2) is 329 Å². The van der Waals surface area contributed by atoms with Crippen molar-refractivity contribution in [1.82, 2.24) is 49.8 Å². The van der Waals surface area contributed by atoms with Gasteiger partial charge in [-0.1, -0.05) is 36.4 Å². The Morgan fingerprint density at radius 3 is 0.477 bits per heavy atom. The number of nitrogens with zero attached hydrogens (tertiary/aromatic N) is 10. The molecule has 21 heteroatoms. The summed E-state index contributed by atoms with van der Waals surface area (Å²) in [6.45, 7) is 11.3. The zero-order chi connectivity index (χ0) is 75.4. The fraction of sp³-hybridized carbons (Fsp3) is 0.0930. The summed E-state index contributed by atoms with van der Waals surface area (Å²) in [6, 6.07) is 74.6. The Morgan fingerprint density at radius 1 is 0.252 bits per heavy atom. The first-order chi connectivity index (χ1) is 51.8. The molecule has 8 bridgehead atoms. The first kappa shape index (κ1) is 82.6. The van der Waals surface area contributed by atoms with Gasteiger partial charge in [-0.2, -0.15) is 0 Å². The Balaban J connectivity index is 0.000000301. The molecule has 0 aliphatic carbocycles. The number of fused-ring (bicyclic) bond motifs is 8. The first-order valence-corrected chi connectivity index (χ1v) is 33.5. The van der Waals surface area contributed by atoms with Crippen molar-refractivity contribution < 1.29 is 65.6 Å². The largest absolute Gasteiger partial charge is 0.628 e. The van der Waals surface area contributed by atoms with Crippen LogP contribution in [0.4, 0.5) is 0 Å². The van der Waals surface area contributed by atoms with E-state index < -0.39 is 23.9 Å². The normalized spacial score (nSPS) is 10.4. The number of rotatable bonds is 12. The van der Waals surface area contributed by atoms with Gasteiger partial charge in [-0.3, -0.25) is 29.9 Å². The van der Waals surface area contributed by atoms with Crippen molar-refractivity contribution >= 4 is 23.9 Å². The average Bonchev–Trinajstić information content (AvgIpc) is 1.62. The van der Waals surface area contributed by atoms with E-state index in [1.165, 1.54) is 48.5 Å². The Labute approximate surface area is 632 Å². The van der Waals surface area contributed by atoms with Crippen LogP contribution in [0.2, 0.25) is 0 Å². The molecule has 1 aliphatic rings. The Hall–Kier alpha value is -13.3. The number of aromatic carboxylic acids is 4. The molecule has 0 radical (unpaired) electrons. The van der Waals surface area contributed by atoms with E-state index in [1.807, 2.05) is 185 Å². The second-order valence-electron chi connectivity index (χ2n) is 21.6. The van der Waals surface area contributed by atoms with Gasteiger partial charge in [-0.25, -0.2) is 19.2 Å². The van der Waals surface area contributed by atoms with Crippen LogP contribution in [0.3, 0.4) is 0 Å². The number of ether oxygens (including phenoxy) is 2. The summed E-state index contributed by atoms with van der Waals surface area (Å²) in [5.41, 5.74) is 7.12. The van der Waals surface area contributed by atoms with Crippen LogP contribution in [0.1, 0.15) is 137 Å². The van der Waals surface area contributed by atoms with E-state index in [-0.39, 0.29) is 38.7 Å². The molecule has 0 atom stereocenters. The maximum absolute atomic E-state index is 11.8. The van der Waals surface area contributed by atoms with Crippen LogP contribution in [0, 0.1) is 23.7 Å². The standard InChI is InChI=1S/C48H28N4O8.6C5H5N.2C4H10O.Ni/c53-45(54)29-9-1-25(2-10-29)41-33-17-19-35(49-33)42(26-3-11-30(12-4-26)46(55)56)37-21-23-39(51-37)44(28-7-15-32(16-8-28)48(59)60)40-24-22-38(52-40)43(36-20-18-34(41)50-36)27-5-13-31(14-6-27)47(57)58;6*1-2-4-6-5-3-1;2*1-3-5-4-2;/h1-24H,(H,53,54)(H,55,56)(H,57,58)(H,59,60);6*1-5H;2*3-4H2,1-2H3;. The second kappa shape index (κ2) is 47.0. The Kier molecular flexibility index (Phi) is 36.3. The van der Waals surface area contributed by atoms with E-state index in [0.29, 0.717) is 91.5 Å². The summed E-state index contributed by atoms with van der Waals surface area (Å²) in [4.78, 5) is 90.5. The molecule has 15 rings (SSSR count). The minimum atomic E-state index is -1.07. The van der Waals surface area contributed by atoms with Gasteiger partial charge in [-0.15, -0.1) is 0 Å². The summed E-state index contributed by atoms with van der Waals surface area (Å²) >= 11 is 0. The van der Waals surface area contributed by atoms with Crippen LogP contribution < -0.4 is 19.9 Å². The Morgan fingerprint density at radius 2 is 0.393 bits per heavy atom. The minimum Gasteiger partial charge on any atom is -0.628 e. The summed E-state index contributed by atoms with van der Waals surface area (Å²) in [5.74, 6) is -1.89. The molecule has 14 aromatic rings. The molecule has 11 heterocycles. The van der Waals surface area contributed by atoms with Gasteiger partial charge in [0.05, 0.1) is 44.5 Å². The second-order valence-corrected chi connectivity index (χ2v) is 21.6. The molecule has 20 nitrogen and oxygen atoms in total.